The van der Waals surface area contributed by atoms with E-state index in [4.69, 9.17) is 0 Å². The molecule has 1 N–H and O–H groups in total. The maximum atomic E-state index is 11.1. The summed E-state index contributed by atoms with van der Waals surface area (Å²) < 4.78 is 1.85. The predicted molar refractivity (Wildman–Crippen MR) is 81.9 cm³/mol. The molecule has 1 aromatic heterocycles. The number of nitrogens with one attached hydrogen (secondary N) is 1. The first-order valence-electron chi connectivity index (χ1n) is 6.65. The van der Waals surface area contributed by atoms with Crippen LogP contribution in [0.15, 0.2) is 48.8 Å². The molecule has 0 saturated heterocycles. The highest BCUT2D eigenvalue weighted by atomic mass is 16.6. The van der Waals surface area contributed by atoms with Crippen LogP contribution in [-0.4, -0.2) is 21.0 Å². The molecule has 0 aliphatic rings. The molecule has 0 atom stereocenters. The Morgan fingerprint density at radius 2 is 2.10 bits per heavy atom. The number of non-ortho nitro benzene ring substituents is 1. The molecule has 2 aromatic carbocycles. The quantitative estimate of drug-likeness (QED) is 0.588. The molecule has 3 aromatic rings. The molecule has 3 rings (SSSR count). The standard InChI is InChI=1S/C15H14N4O2/c1-2-16-11-7-12(9-13(8-11)19(20)21)18-10-17-14-5-3-4-6-15(14)18/h3-10,16H,2H2,1H3. The molecule has 1 heterocycles. The van der Waals surface area contributed by atoms with Gasteiger partial charge in [-0.05, 0) is 25.1 Å². The van der Waals surface area contributed by atoms with Crippen molar-refractivity contribution >= 4 is 22.4 Å². The fourth-order valence-corrected chi connectivity index (χ4v) is 2.31. The van der Waals surface area contributed by atoms with Gasteiger partial charge in [-0.15, -0.1) is 0 Å². The number of hydrogen-bond acceptors (Lipinski definition) is 4. The van der Waals surface area contributed by atoms with E-state index in [0.717, 1.165) is 16.7 Å². The number of aromatic nitrogens is 2. The molecule has 0 bridgehead atoms. The highest BCUT2D eigenvalue weighted by Crippen LogP contribution is 2.26. The molecule has 0 saturated carbocycles. The Morgan fingerprint density at radius 1 is 1.29 bits per heavy atom. The van der Waals surface area contributed by atoms with Gasteiger partial charge in [-0.25, -0.2) is 4.98 Å². The molecular formula is C15H14N4O2. The van der Waals surface area contributed by atoms with Crippen LogP contribution in [0.5, 0.6) is 0 Å². The van der Waals surface area contributed by atoms with Gasteiger partial charge in [0.15, 0.2) is 0 Å². The van der Waals surface area contributed by atoms with E-state index in [1.54, 1.807) is 12.4 Å². The molecule has 0 unspecified atom stereocenters. The van der Waals surface area contributed by atoms with E-state index in [9.17, 15) is 10.1 Å². The molecule has 21 heavy (non-hydrogen) atoms. The monoisotopic (exact) mass is 282 g/mol. The molecular weight excluding hydrogens is 268 g/mol. The van der Waals surface area contributed by atoms with Crippen molar-refractivity contribution < 1.29 is 4.92 Å². The zero-order valence-corrected chi connectivity index (χ0v) is 11.5. The highest BCUT2D eigenvalue weighted by Gasteiger charge is 2.12. The summed E-state index contributed by atoms with van der Waals surface area (Å²) in [5.41, 5.74) is 3.27. The van der Waals surface area contributed by atoms with Crippen LogP contribution in [0.25, 0.3) is 16.7 Å². The third kappa shape index (κ3) is 2.43. The van der Waals surface area contributed by atoms with Gasteiger partial charge in [0.1, 0.15) is 6.33 Å². The summed E-state index contributed by atoms with van der Waals surface area (Å²) in [7, 11) is 0. The topological polar surface area (TPSA) is 73.0 Å². The third-order valence-electron chi connectivity index (χ3n) is 3.23. The summed E-state index contributed by atoms with van der Waals surface area (Å²) >= 11 is 0. The van der Waals surface area contributed by atoms with Crippen molar-refractivity contribution in [1.82, 2.24) is 9.55 Å². The van der Waals surface area contributed by atoms with Crippen molar-refractivity contribution in [3.05, 3.63) is 58.9 Å². The summed E-state index contributed by atoms with van der Waals surface area (Å²) in [6.45, 7) is 2.65. The van der Waals surface area contributed by atoms with Gasteiger partial charge in [0.05, 0.1) is 21.6 Å². The number of rotatable bonds is 4. The van der Waals surface area contributed by atoms with Gasteiger partial charge in [-0.1, -0.05) is 12.1 Å². The van der Waals surface area contributed by atoms with Crippen molar-refractivity contribution in [3.8, 4) is 5.69 Å². The number of para-hydroxylation sites is 2. The first kappa shape index (κ1) is 13.1. The number of nitro benzene ring substituents is 1. The number of benzene rings is 2. The van der Waals surface area contributed by atoms with E-state index in [1.165, 1.54) is 6.07 Å². The number of fused-ring (bicyclic) bond motifs is 1. The molecule has 0 fully saturated rings. The van der Waals surface area contributed by atoms with Crippen LogP contribution in [-0.2, 0) is 0 Å². The Morgan fingerprint density at radius 3 is 2.86 bits per heavy atom. The SMILES string of the molecule is CCNc1cc(-n2cnc3ccccc32)cc([N+](=O)[O-])c1. The van der Waals surface area contributed by atoms with Gasteiger partial charge in [0.25, 0.3) is 5.69 Å². The van der Waals surface area contributed by atoms with Crippen molar-refractivity contribution in [3.63, 3.8) is 0 Å². The van der Waals surface area contributed by atoms with Gasteiger partial charge in [0.2, 0.25) is 0 Å². The smallest absolute Gasteiger partial charge is 0.273 e. The lowest BCUT2D eigenvalue weighted by atomic mass is 10.2. The third-order valence-corrected chi connectivity index (χ3v) is 3.23. The summed E-state index contributed by atoms with van der Waals surface area (Å²) in [5, 5.41) is 14.2. The van der Waals surface area contributed by atoms with E-state index in [0.29, 0.717) is 12.2 Å². The van der Waals surface area contributed by atoms with E-state index in [-0.39, 0.29) is 10.6 Å². The van der Waals surface area contributed by atoms with Crippen LogP contribution < -0.4 is 5.32 Å². The number of anilines is 1. The Bertz CT molecular complexity index is 810. The first-order valence-corrected chi connectivity index (χ1v) is 6.65. The predicted octanol–water partition coefficient (Wildman–Crippen LogP) is 3.37. The molecule has 6 nitrogen and oxygen atoms in total. The zero-order chi connectivity index (χ0) is 14.8. The maximum absolute atomic E-state index is 11.1. The molecule has 6 heteroatoms. The molecule has 0 spiro atoms. The van der Waals surface area contributed by atoms with Gasteiger partial charge in [-0.2, -0.15) is 0 Å². The van der Waals surface area contributed by atoms with Gasteiger partial charge in [-0.3, -0.25) is 14.7 Å². The maximum Gasteiger partial charge on any atom is 0.273 e. The van der Waals surface area contributed by atoms with Crippen LogP contribution >= 0.6 is 0 Å². The van der Waals surface area contributed by atoms with Crippen molar-refractivity contribution in [2.24, 2.45) is 0 Å². The second kappa shape index (κ2) is 5.24. The average molecular weight is 282 g/mol. The summed E-state index contributed by atoms with van der Waals surface area (Å²) in [6, 6.07) is 12.6. The fraction of sp³-hybridized carbons (Fsp3) is 0.133. The minimum absolute atomic E-state index is 0.0567. The van der Waals surface area contributed by atoms with E-state index < -0.39 is 0 Å². The average Bonchev–Trinajstić information content (AvgIpc) is 2.91. The molecule has 0 aliphatic heterocycles. The second-order valence-corrected chi connectivity index (χ2v) is 4.63. The van der Waals surface area contributed by atoms with E-state index in [2.05, 4.69) is 10.3 Å². The largest absolute Gasteiger partial charge is 0.385 e. The van der Waals surface area contributed by atoms with Crippen LogP contribution in [0.1, 0.15) is 6.92 Å². The first-order chi connectivity index (χ1) is 10.2. The molecule has 0 aliphatic carbocycles. The Hall–Kier alpha value is -2.89. The van der Waals surface area contributed by atoms with E-state index >= 15 is 0 Å². The summed E-state index contributed by atoms with van der Waals surface area (Å²) in [4.78, 5) is 15.0. The Kier molecular flexibility index (Phi) is 3.27. The van der Waals surface area contributed by atoms with Crippen LogP contribution in [0.2, 0.25) is 0 Å². The second-order valence-electron chi connectivity index (χ2n) is 4.63. The Balaban J connectivity index is 2.18. The minimum Gasteiger partial charge on any atom is -0.385 e. The van der Waals surface area contributed by atoms with Gasteiger partial charge < -0.3 is 5.32 Å². The number of nitro groups is 1. The van der Waals surface area contributed by atoms with Gasteiger partial charge in [0, 0.05) is 24.4 Å². The summed E-state index contributed by atoms with van der Waals surface area (Å²) in [6.07, 6.45) is 1.68. The lowest BCUT2D eigenvalue weighted by molar-refractivity contribution is -0.384. The van der Waals surface area contributed by atoms with E-state index in [1.807, 2.05) is 41.8 Å². The number of hydrogen-bond donors (Lipinski definition) is 1. The van der Waals surface area contributed by atoms with Crippen LogP contribution in [0.4, 0.5) is 11.4 Å². The normalized spacial score (nSPS) is 10.7. The summed E-state index contributed by atoms with van der Waals surface area (Å²) in [5.74, 6) is 0. The fourth-order valence-electron chi connectivity index (χ4n) is 2.31. The van der Waals surface area contributed by atoms with Crippen molar-refractivity contribution in [1.29, 1.82) is 0 Å². The van der Waals surface area contributed by atoms with Crippen LogP contribution in [0.3, 0.4) is 0 Å². The lowest BCUT2D eigenvalue weighted by Crippen LogP contribution is -2.01. The van der Waals surface area contributed by atoms with Crippen molar-refractivity contribution in [2.45, 2.75) is 6.92 Å². The number of imidazole rings is 1. The zero-order valence-electron chi connectivity index (χ0n) is 11.5. The molecule has 0 amide bonds. The highest BCUT2D eigenvalue weighted by molar-refractivity contribution is 5.78. The number of nitrogens with zero attached hydrogens (tertiary/aromatic N) is 3. The van der Waals surface area contributed by atoms with Crippen molar-refractivity contribution in [2.75, 3.05) is 11.9 Å². The van der Waals surface area contributed by atoms with Crippen LogP contribution in [0, 0.1) is 10.1 Å². The van der Waals surface area contributed by atoms with Gasteiger partial charge >= 0.3 is 0 Å². The minimum atomic E-state index is -0.385. The lowest BCUT2D eigenvalue weighted by Gasteiger charge is -2.08. The Labute approximate surface area is 121 Å². The molecule has 106 valence electrons. The molecule has 0 radical (unpaired) electrons.